The second-order valence-corrected chi connectivity index (χ2v) is 2.07. The largest absolute Gasteiger partial charge is 0.365 e. The standard InChI is InChI=1S/C5H12N2O/c1-8-5-3-2-4-7(5)6/h5H,2-4,6H2,1H3/t5-/m1/s1. The SMILES string of the molecule is CO[C@@H]1CCCN1N. The summed E-state index contributed by atoms with van der Waals surface area (Å²) in [5, 5.41) is 1.74. The molecule has 1 aliphatic rings. The van der Waals surface area contributed by atoms with Gasteiger partial charge in [-0.25, -0.2) is 5.01 Å². The highest BCUT2D eigenvalue weighted by Crippen LogP contribution is 2.12. The summed E-state index contributed by atoms with van der Waals surface area (Å²) in [6, 6.07) is 0. The maximum Gasteiger partial charge on any atom is 0.122 e. The van der Waals surface area contributed by atoms with Crippen LogP contribution >= 0.6 is 0 Å². The van der Waals surface area contributed by atoms with E-state index in [0.29, 0.717) is 0 Å². The van der Waals surface area contributed by atoms with E-state index in [0.717, 1.165) is 19.4 Å². The zero-order chi connectivity index (χ0) is 5.98. The molecule has 1 saturated heterocycles. The monoisotopic (exact) mass is 116 g/mol. The minimum atomic E-state index is 0.176. The van der Waals surface area contributed by atoms with Gasteiger partial charge in [-0.1, -0.05) is 0 Å². The van der Waals surface area contributed by atoms with E-state index in [4.69, 9.17) is 10.6 Å². The Bertz CT molecular complexity index is 76.8. The summed E-state index contributed by atoms with van der Waals surface area (Å²) >= 11 is 0. The fourth-order valence-corrected chi connectivity index (χ4v) is 1.01. The second-order valence-electron chi connectivity index (χ2n) is 2.07. The number of ether oxygens (including phenoxy) is 1. The lowest BCUT2D eigenvalue weighted by Crippen LogP contribution is -2.36. The number of nitrogens with two attached hydrogens (primary N) is 1. The van der Waals surface area contributed by atoms with Gasteiger partial charge in [0.1, 0.15) is 6.23 Å². The van der Waals surface area contributed by atoms with Crippen molar-refractivity contribution in [2.75, 3.05) is 13.7 Å². The number of nitrogens with zero attached hydrogens (tertiary/aromatic N) is 1. The Kier molecular flexibility index (Phi) is 1.83. The van der Waals surface area contributed by atoms with Gasteiger partial charge in [0, 0.05) is 13.7 Å². The molecule has 1 rings (SSSR count). The van der Waals surface area contributed by atoms with Crippen LogP contribution in [-0.2, 0) is 4.74 Å². The Hall–Kier alpha value is -0.120. The highest BCUT2D eigenvalue weighted by Gasteiger charge is 2.19. The first-order chi connectivity index (χ1) is 3.84. The predicted octanol–water partition coefficient (Wildman–Crippen LogP) is -0.0716. The summed E-state index contributed by atoms with van der Waals surface area (Å²) in [6.07, 6.45) is 2.41. The molecule has 0 radical (unpaired) electrons. The Morgan fingerprint density at radius 2 is 2.50 bits per heavy atom. The van der Waals surface area contributed by atoms with Crippen LogP contribution in [0.1, 0.15) is 12.8 Å². The third-order valence-electron chi connectivity index (χ3n) is 1.51. The van der Waals surface area contributed by atoms with Crippen LogP contribution in [0.5, 0.6) is 0 Å². The third kappa shape index (κ3) is 0.992. The van der Waals surface area contributed by atoms with Crippen molar-refractivity contribution in [2.45, 2.75) is 19.1 Å². The first-order valence-electron chi connectivity index (χ1n) is 2.88. The zero-order valence-electron chi connectivity index (χ0n) is 5.13. The molecule has 1 atom stereocenters. The summed E-state index contributed by atoms with van der Waals surface area (Å²) in [6.45, 7) is 0.971. The Labute approximate surface area is 49.4 Å². The lowest BCUT2D eigenvalue weighted by atomic mass is 10.4. The second kappa shape index (κ2) is 2.44. The van der Waals surface area contributed by atoms with Gasteiger partial charge < -0.3 is 4.74 Å². The van der Waals surface area contributed by atoms with E-state index < -0.39 is 0 Å². The van der Waals surface area contributed by atoms with Crippen molar-refractivity contribution < 1.29 is 4.74 Å². The molecule has 8 heavy (non-hydrogen) atoms. The molecule has 0 aromatic heterocycles. The maximum atomic E-state index is 5.50. The van der Waals surface area contributed by atoms with E-state index in [2.05, 4.69) is 0 Å². The summed E-state index contributed by atoms with van der Waals surface area (Å²) in [4.78, 5) is 0. The number of methoxy groups -OCH3 is 1. The van der Waals surface area contributed by atoms with Crippen LogP contribution in [0, 0.1) is 0 Å². The molecule has 48 valence electrons. The van der Waals surface area contributed by atoms with E-state index in [1.807, 2.05) is 0 Å². The fourth-order valence-electron chi connectivity index (χ4n) is 1.01. The minimum Gasteiger partial charge on any atom is -0.365 e. The van der Waals surface area contributed by atoms with Gasteiger partial charge in [-0.3, -0.25) is 5.84 Å². The first kappa shape index (κ1) is 6.01. The van der Waals surface area contributed by atoms with Gasteiger partial charge in [0.05, 0.1) is 0 Å². The van der Waals surface area contributed by atoms with Crippen LogP contribution in [-0.4, -0.2) is 24.9 Å². The first-order valence-corrected chi connectivity index (χ1v) is 2.88. The molecule has 3 heteroatoms. The molecule has 1 aliphatic heterocycles. The summed E-state index contributed by atoms with van der Waals surface area (Å²) in [5.74, 6) is 5.50. The molecular weight excluding hydrogens is 104 g/mol. The number of hydrogen-bond acceptors (Lipinski definition) is 3. The quantitative estimate of drug-likeness (QED) is 0.487. The molecule has 0 amide bonds. The third-order valence-corrected chi connectivity index (χ3v) is 1.51. The molecule has 0 aromatic rings. The van der Waals surface area contributed by atoms with Gasteiger partial charge in [0.15, 0.2) is 0 Å². The highest BCUT2D eigenvalue weighted by molar-refractivity contribution is 4.65. The summed E-state index contributed by atoms with van der Waals surface area (Å²) in [7, 11) is 1.69. The summed E-state index contributed by atoms with van der Waals surface area (Å²) < 4.78 is 5.02. The number of hydrazine groups is 1. The van der Waals surface area contributed by atoms with Gasteiger partial charge in [0.2, 0.25) is 0 Å². The number of rotatable bonds is 1. The molecule has 2 N–H and O–H groups in total. The predicted molar refractivity (Wildman–Crippen MR) is 30.9 cm³/mol. The lowest BCUT2D eigenvalue weighted by Gasteiger charge is -2.15. The molecule has 1 fully saturated rings. The van der Waals surface area contributed by atoms with Crippen molar-refractivity contribution in [1.29, 1.82) is 0 Å². The van der Waals surface area contributed by atoms with E-state index in [1.54, 1.807) is 12.1 Å². The average molecular weight is 116 g/mol. The average Bonchev–Trinajstić information content (AvgIpc) is 2.14. The molecule has 0 spiro atoms. The van der Waals surface area contributed by atoms with Crippen LogP contribution in [0.25, 0.3) is 0 Å². The van der Waals surface area contributed by atoms with Crippen molar-refractivity contribution in [3.63, 3.8) is 0 Å². The van der Waals surface area contributed by atoms with Gasteiger partial charge in [0.25, 0.3) is 0 Å². The van der Waals surface area contributed by atoms with E-state index >= 15 is 0 Å². The van der Waals surface area contributed by atoms with Crippen LogP contribution in [0.4, 0.5) is 0 Å². The zero-order valence-corrected chi connectivity index (χ0v) is 5.13. The van der Waals surface area contributed by atoms with E-state index in [1.165, 1.54) is 0 Å². The van der Waals surface area contributed by atoms with Crippen molar-refractivity contribution in [3.8, 4) is 0 Å². The van der Waals surface area contributed by atoms with Crippen LogP contribution < -0.4 is 5.84 Å². The Morgan fingerprint density at radius 3 is 2.75 bits per heavy atom. The molecule has 0 saturated carbocycles. The van der Waals surface area contributed by atoms with Gasteiger partial charge in [-0.15, -0.1) is 0 Å². The fraction of sp³-hybridized carbons (Fsp3) is 1.00. The molecule has 1 heterocycles. The van der Waals surface area contributed by atoms with Crippen molar-refractivity contribution in [3.05, 3.63) is 0 Å². The lowest BCUT2D eigenvalue weighted by molar-refractivity contribution is -0.00417. The topological polar surface area (TPSA) is 38.5 Å². The van der Waals surface area contributed by atoms with E-state index in [-0.39, 0.29) is 6.23 Å². The van der Waals surface area contributed by atoms with Crippen molar-refractivity contribution >= 4 is 0 Å². The normalized spacial score (nSPS) is 31.5. The molecule has 0 unspecified atom stereocenters. The van der Waals surface area contributed by atoms with Crippen LogP contribution in [0.3, 0.4) is 0 Å². The molecule has 3 nitrogen and oxygen atoms in total. The van der Waals surface area contributed by atoms with Crippen molar-refractivity contribution in [1.82, 2.24) is 5.01 Å². The maximum absolute atomic E-state index is 5.50. The molecule has 0 aliphatic carbocycles. The minimum absolute atomic E-state index is 0.176. The Morgan fingerprint density at radius 1 is 1.75 bits per heavy atom. The van der Waals surface area contributed by atoms with Crippen LogP contribution in [0.2, 0.25) is 0 Å². The Balaban J connectivity index is 2.30. The number of hydrogen-bond donors (Lipinski definition) is 1. The molecule has 0 bridgehead atoms. The van der Waals surface area contributed by atoms with Gasteiger partial charge >= 0.3 is 0 Å². The molecular formula is C5H12N2O. The smallest absolute Gasteiger partial charge is 0.122 e. The van der Waals surface area contributed by atoms with Crippen molar-refractivity contribution in [2.24, 2.45) is 5.84 Å². The molecule has 0 aromatic carbocycles. The van der Waals surface area contributed by atoms with Gasteiger partial charge in [-0.2, -0.15) is 0 Å². The summed E-state index contributed by atoms with van der Waals surface area (Å²) in [5.41, 5.74) is 0. The van der Waals surface area contributed by atoms with Crippen LogP contribution in [0.15, 0.2) is 0 Å². The highest BCUT2D eigenvalue weighted by atomic mass is 16.5. The van der Waals surface area contributed by atoms with Gasteiger partial charge in [-0.05, 0) is 12.8 Å². The van der Waals surface area contributed by atoms with E-state index in [9.17, 15) is 0 Å².